The van der Waals surface area contributed by atoms with Gasteiger partial charge >= 0.3 is 5.97 Å². The Morgan fingerprint density at radius 2 is 2.27 bits per heavy atom. The maximum absolute atomic E-state index is 10.7. The molecule has 1 saturated carbocycles. The minimum Gasteiger partial charge on any atom is -0.481 e. The molecule has 1 heterocycles. The van der Waals surface area contributed by atoms with Gasteiger partial charge in [0.25, 0.3) is 0 Å². The number of aliphatic carboxylic acids is 1. The van der Waals surface area contributed by atoms with Gasteiger partial charge in [0.1, 0.15) is 5.76 Å². The van der Waals surface area contributed by atoms with Gasteiger partial charge in [-0.1, -0.05) is 5.16 Å². The molecule has 0 amide bonds. The summed E-state index contributed by atoms with van der Waals surface area (Å²) in [5.74, 6) is 0.894. The van der Waals surface area contributed by atoms with E-state index in [1.165, 1.54) is 12.8 Å². The first kappa shape index (κ1) is 8.95. The topological polar surface area (TPSA) is 63.3 Å². The molecular weight excluding hydrogens is 194 g/mol. The first-order valence-electron chi connectivity index (χ1n) is 5.46. The summed E-state index contributed by atoms with van der Waals surface area (Å²) < 4.78 is 5.28. The van der Waals surface area contributed by atoms with Gasteiger partial charge in [0, 0.05) is 23.8 Å². The fourth-order valence-corrected chi connectivity index (χ4v) is 2.48. The van der Waals surface area contributed by atoms with Gasteiger partial charge in [0.2, 0.25) is 0 Å². The van der Waals surface area contributed by atoms with Crippen LogP contribution in [0.4, 0.5) is 0 Å². The molecule has 1 N–H and O–H groups in total. The summed E-state index contributed by atoms with van der Waals surface area (Å²) in [6.45, 7) is 0. The van der Waals surface area contributed by atoms with Crippen molar-refractivity contribution in [3.8, 4) is 0 Å². The fourth-order valence-electron chi connectivity index (χ4n) is 2.48. The molecule has 15 heavy (non-hydrogen) atoms. The normalized spacial score (nSPS) is 24.1. The van der Waals surface area contributed by atoms with E-state index in [2.05, 4.69) is 5.16 Å². The number of fused-ring (bicyclic) bond motifs is 1. The van der Waals surface area contributed by atoms with Crippen LogP contribution in [0.3, 0.4) is 0 Å². The zero-order valence-electron chi connectivity index (χ0n) is 8.40. The molecule has 0 aromatic carbocycles. The number of rotatable bonds is 3. The second-order valence-corrected chi connectivity index (χ2v) is 4.51. The van der Waals surface area contributed by atoms with Crippen molar-refractivity contribution < 1.29 is 14.4 Å². The van der Waals surface area contributed by atoms with Crippen molar-refractivity contribution >= 4 is 5.97 Å². The summed E-state index contributed by atoms with van der Waals surface area (Å²) in [7, 11) is 0. The van der Waals surface area contributed by atoms with Gasteiger partial charge in [-0.15, -0.1) is 0 Å². The fraction of sp³-hybridized carbons (Fsp3) is 0.636. The number of aryl methyl sites for hydroxylation is 1. The average molecular weight is 207 g/mol. The Hall–Kier alpha value is -1.32. The lowest BCUT2D eigenvalue weighted by molar-refractivity contribution is -0.137. The number of carboxylic acid groups (broad SMARTS) is 1. The number of hydrogen-bond acceptors (Lipinski definition) is 3. The third-order valence-corrected chi connectivity index (χ3v) is 3.34. The number of aromatic nitrogens is 1. The Morgan fingerprint density at radius 1 is 1.47 bits per heavy atom. The molecule has 3 rings (SSSR count). The van der Waals surface area contributed by atoms with Crippen molar-refractivity contribution in [2.45, 2.75) is 43.9 Å². The highest BCUT2D eigenvalue weighted by molar-refractivity contribution is 5.68. The van der Waals surface area contributed by atoms with Gasteiger partial charge in [-0.3, -0.25) is 4.79 Å². The Bertz CT molecular complexity index is 406. The highest BCUT2D eigenvalue weighted by Gasteiger charge is 2.37. The van der Waals surface area contributed by atoms with Gasteiger partial charge in [0.15, 0.2) is 0 Å². The van der Waals surface area contributed by atoms with Crippen LogP contribution < -0.4 is 0 Å². The van der Waals surface area contributed by atoms with Crippen molar-refractivity contribution in [1.29, 1.82) is 0 Å². The Morgan fingerprint density at radius 3 is 2.93 bits per heavy atom. The first-order valence-corrected chi connectivity index (χ1v) is 5.46. The molecule has 80 valence electrons. The molecule has 1 aromatic heterocycles. The van der Waals surface area contributed by atoms with E-state index < -0.39 is 5.97 Å². The average Bonchev–Trinajstić information content (AvgIpc) is 2.81. The van der Waals surface area contributed by atoms with E-state index in [4.69, 9.17) is 9.63 Å². The molecule has 0 radical (unpaired) electrons. The number of carbonyl (C=O) groups is 1. The van der Waals surface area contributed by atoms with Gasteiger partial charge < -0.3 is 9.63 Å². The summed E-state index contributed by atoms with van der Waals surface area (Å²) in [4.78, 5) is 10.7. The van der Waals surface area contributed by atoms with E-state index in [1.807, 2.05) is 0 Å². The van der Waals surface area contributed by atoms with Gasteiger partial charge in [-0.05, 0) is 19.3 Å². The van der Waals surface area contributed by atoms with Gasteiger partial charge in [-0.25, -0.2) is 0 Å². The number of nitrogens with zero attached hydrogens (tertiary/aromatic N) is 1. The lowest BCUT2D eigenvalue weighted by atomic mass is 9.96. The molecule has 2 aliphatic carbocycles. The summed E-state index contributed by atoms with van der Waals surface area (Å²) >= 11 is 0. The van der Waals surface area contributed by atoms with Crippen LogP contribution in [0.1, 0.15) is 54.5 Å². The molecule has 4 heteroatoms. The van der Waals surface area contributed by atoms with Gasteiger partial charge in [0.05, 0.1) is 12.1 Å². The maximum Gasteiger partial charge on any atom is 0.303 e. The Labute approximate surface area is 87.3 Å². The minimum absolute atomic E-state index is 0.138. The molecule has 0 aliphatic heterocycles. The minimum atomic E-state index is -0.726. The van der Waals surface area contributed by atoms with Crippen molar-refractivity contribution in [1.82, 2.24) is 5.16 Å². The molecule has 0 bridgehead atoms. The van der Waals surface area contributed by atoms with E-state index >= 15 is 0 Å². The van der Waals surface area contributed by atoms with Crippen LogP contribution >= 0.6 is 0 Å². The van der Waals surface area contributed by atoms with E-state index in [0.717, 1.165) is 29.9 Å². The van der Waals surface area contributed by atoms with E-state index in [1.54, 1.807) is 0 Å². The zero-order valence-corrected chi connectivity index (χ0v) is 8.40. The standard InChI is InChI=1S/C11H13NO3/c13-9(14)5-7-3-4-8-10(7)11(12-15-8)6-1-2-6/h6-7H,1-5H2,(H,13,14). The molecular formula is C11H13NO3. The van der Waals surface area contributed by atoms with E-state index in [0.29, 0.717) is 5.92 Å². The molecule has 0 spiro atoms. The van der Waals surface area contributed by atoms with Crippen LogP contribution in [0.25, 0.3) is 0 Å². The monoisotopic (exact) mass is 207 g/mol. The number of carboxylic acids is 1. The third-order valence-electron chi connectivity index (χ3n) is 3.34. The molecule has 1 aromatic rings. The van der Waals surface area contributed by atoms with Gasteiger partial charge in [-0.2, -0.15) is 0 Å². The van der Waals surface area contributed by atoms with Crippen LogP contribution in [0.5, 0.6) is 0 Å². The SMILES string of the molecule is O=C(O)CC1CCc2onc(C3CC3)c21. The molecule has 2 aliphatic rings. The highest BCUT2D eigenvalue weighted by atomic mass is 16.5. The van der Waals surface area contributed by atoms with Crippen molar-refractivity contribution in [2.75, 3.05) is 0 Å². The molecule has 1 atom stereocenters. The smallest absolute Gasteiger partial charge is 0.303 e. The second kappa shape index (κ2) is 3.08. The second-order valence-electron chi connectivity index (χ2n) is 4.51. The largest absolute Gasteiger partial charge is 0.481 e. The predicted molar refractivity (Wildman–Crippen MR) is 51.8 cm³/mol. The molecule has 1 fully saturated rings. The van der Waals surface area contributed by atoms with Crippen molar-refractivity contribution in [3.63, 3.8) is 0 Å². The van der Waals surface area contributed by atoms with Crippen molar-refractivity contribution in [3.05, 3.63) is 17.0 Å². The van der Waals surface area contributed by atoms with E-state index in [-0.39, 0.29) is 12.3 Å². The molecule has 1 unspecified atom stereocenters. The van der Waals surface area contributed by atoms with Crippen LogP contribution in [-0.4, -0.2) is 16.2 Å². The Kier molecular flexibility index (Phi) is 1.84. The lowest BCUT2D eigenvalue weighted by Gasteiger charge is -2.06. The predicted octanol–water partition coefficient (Wildman–Crippen LogP) is 2.06. The maximum atomic E-state index is 10.7. The summed E-state index contributed by atoms with van der Waals surface area (Å²) in [5.41, 5.74) is 2.17. The van der Waals surface area contributed by atoms with E-state index in [9.17, 15) is 4.79 Å². The quantitative estimate of drug-likeness (QED) is 0.823. The summed E-state index contributed by atoms with van der Waals surface area (Å²) in [6, 6.07) is 0. The van der Waals surface area contributed by atoms with Crippen LogP contribution in [0.15, 0.2) is 4.52 Å². The molecule has 0 saturated heterocycles. The van der Waals surface area contributed by atoms with Crippen LogP contribution in [0.2, 0.25) is 0 Å². The zero-order chi connectivity index (χ0) is 10.4. The Balaban J connectivity index is 1.92. The number of hydrogen-bond donors (Lipinski definition) is 1. The lowest BCUT2D eigenvalue weighted by Crippen LogP contribution is -2.04. The van der Waals surface area contributed by atoms with Crippen LogP contribution in [0, 0.1) is 0 Å². The summed E-state index contributed by atoms with van der Waals surface area (Å²) in [5, 5.41) is 12.9. The summed E-state index contributed by atoms with van der Waals surface area (Å²) in [6.07, 6.45) is 4.33. The van der Waals surface area contributed by atoms with Crippen LogP contribution in [-0.2, 0) is 11.2 Å². The first-order chi connectivity index (χ1) is 7.25. The van der Waals surface area contributed by atoms with Crippen molar-refractivity contribution in [2.24, 2.45) is 0 Å². The highest BCUT2D eigenvalue weighted by Crippen LogP contribution is 2.47. The molecule has 4 nitrogen and oxygen atoms in total. The third kappa shape index (κ3) is 1.44.